The first-order valence-electron chi connectivity index (χ1n) is 6.65. The Labute approximate surface area is 128 Å². The van der Waals surface area contributed by atoms with Crippen LogP contribution in [-0.4, -0.2) is 7.05 Å². The summed E-state index contributed by atoms with van der Waals surface area (Å²) in [5, 5.41) is 3.44. The predicted octanol–water partition coefficient (Wildman–Crippen LogP) is 4.88. The van der Waals surface area contributed by atoms with Gasteiger partial charge >= 0.3 is 0 Å². The molecule has 0 spiro atoms. The fourth-order valence-corrected chi connectivity index (χ4v) is 3.75. The van der Waals surface area contributed by atoms with Crippen LogP contribution in [0.1, 0.15) is 33.8 Å². The minimum absolute atomic E-state index is 0.359. The van der Waals surface area contributed by atoms with Crippen molar-refractivity contribution in [1.82, 2.24) is 5.32 Å². The van der Waals surface area contributed by atoms with Gasteiger partial charge in [-0.05, 0) is 44.2 Å². The van der Waals surface area contributed by atoms with E-state index in [-0.39, 0.29) is 0 Å². The van der Waals surface area contributed by atoms with Crippen LogP contribution < -0.4 is 5.32 Å². The summed E-state index contributed by atoms with van der Waals surface area (Å²) in [6.07, 6.45) is 2.17. The number of halogens is 1. The van der Waals surface area contributed by atoms with Crippen LogP contribution in [0.25, 0.3) is 0 Å². The molecule has 102 valence electrons. The lowest BCUT2D eigenvalue weighted by Gasteiger charge is -2.18. The molecule has 1 aromatic heterocycles. The molecule has 1 heterocycles. The summed E-state index contributed by atoms with van der Waals surface area (Å²) in [5.74, 6) is 0. The summed E-state index contributed by atoms with van der Waals surface area (Å²) in [5.41, 5.74) is 2.65. The van der Waals surface area contributed by atoms with E-state index in [0.717, 1.165) is 12.8 Å². The molecule has 2 rings (SSSR count). The lowest BCUT2D eigenvalue weighted by molar-refractivity contribution is 0.594. The third-order valence-corrected chi connectivity index (χ3v) is 5.32. The maximum Gasteiger partial charge on any atom is 0.0377 e. The summed E-state index contributed by atoms with van der Waals surface area (Å²) >= 11 is 5.59. The molecule has 1 aromatic carbocycles. The fourth-order valence-electron chi connectivity index (χ4n) is 2.22. The Bertz CT molecular complexity index is 547. The SMILES string of the molecule is CCc1ccc(CC(NC)c2cc(C)ccc2Br)s1. The lowest BCUT2D eigenvalue weighted by atomic mass is 10.0. The lowest BCUT2D eigenvalue weighted by Crippen LogP contribution is -2.19. The predicted molar refractivity (Wildman–Crippen MR) is 88.1 cm³/mol. The van der Waals surface area contributed by atoms with Crippen LogP contribution in [0.3, 0.4) is 0 Å². The van der Waals surface area contributed by atoms with E-state index in [0.29, 0.717) is 6.04 Å². The molecule has 0 aliphatic rings. The Morgan fingerprint density at radius 3 is 2.58 bits per heavy atom. The molecule has 19 heavy (non-hydrogen) atoms. The van der Waals surface area contributed by atoms with Gasteiger partial charge in [0, 0.05) is 26.7 Å². The standard InChI is InChI=1S/C16H20BrNS/c1-4-12-6-7-13(19-12)10-16(18-3)14-9-11(2)5-8-15(14)17/h5-9,16,18H,4,10H2,1-3H3. The summed E-state index contributed by atoms with van der Waals surface area (Å²) in [4.78, 5) is 2.91. The minimum atomic E-state index is 0.359. The molecule has 1 unspecified atom stereocenters. The topological polar surface area (TPSA) is 12.0 Å². The Hall–Kier alpha value is -0.640. The van der Waals surface area contributed by atoms with Crippen LogP contribution in [-0.2, 0) is 12.8 Å². The molecule has 1 nitrogen and oxygen atoms in total. The smallest absolute Gasteiger partial charge is 0.0377 e. The van der Waals surface area contributed by atoms with Crippen LogP contribution in [0.15, 0.2) is 34.8 Å². The number of thiophene rings is 1. The Balaban J connectivity index is 2.22. The molecule has 0 aliphatic heterocycles. The molecule has 0 bridgehead atoms. The molecule has 1 atom stereocenters. The van der Waals surface area contributed by atoms with Crippen molar-refractivity contribution in [2.24, 2.45) is 0 Å². The van der Waals surface area contributed by atoms with Gasteiger partial charge in [0.05, 0.1) is 0 Å². The van der Waals surface area contributed by atoms with E-state index in [1.807, 2.05) is 18.4 Å². The first-order valence-corrected chi connectivity index (χ1v) is 8.26. The monoisotopic (exact) mass is 337 g/mol. The maximum absolute atomic E-state index is 3.67. The van der Waals surface area contributed by atoms with E-state index < -0.39 is 0 Å². The van der Waals surface area contributed by atoms with E-state index in [9.17, 15) is 0 Å². The molecule has 0 saturated heterocycles. The Morgan fingerprint density at radius 1 is 1.21 bits per heavy atom. The van der Waals surface area contributed by atoms with E-state index >= 15 is 0 Å². The van der Waals surface area contributed by atoms with Gasteiger partial charge in [-0.2, -0.15) is 0 Å². The third kappa shape index (κ3) is 3.68. The van der Waals surface area contributed by atoms with Gasteiger partial charge in [0.15, 0.2) is 0 Å². The van der Waals surface area contributed by atoms with Gasteiger partial charge in [0.1, 0.15) is 0 Å². The minimum Gasteiger partial charge on any atom is -0.313 e. The number of likely N-dealkylation sites (N-methyl/N-ethyl adjacent to an activating group) is 1. The first-order chi connectivity index (χ1) is 9.13. The van der Waals surface area contributed by atoms with E-state index in [2.05, 4.69) is 65.4 Å². The van der Waals surface area contributed by atoms with E-state index in [1.54, 1.807) is 0 Å². The highest BCUT2D eigenvalue weighted by Gasteiger charge is 2.14. The van der Waals surface area contributed by atoms with Gasteiger partial charge in [0.2, 0.25) is 0 Å². The molecule has 0 aliphatic carbocycles. The zero-order valence-electron chi connectivity index (χ0n) is 11.7. The number of nitrogens with one attached hydrogen (secondary N) is 1. The molecular weight excluding hydrogens is 318 g/mol. The Morgan fingerprint density at radius 2 is 1.95 bits per heavy atom. The number of benzene rings is 1. The third-order valence-electron chi connectivity index (χ3n) is 3.35. The van der Waals surface area contributed by atoms with Crippen LogP contribution in [0.5, 0.6) is 0 Å². The first kappa shape index (κ1) is 14.8. The second kappa shape index (κ2) is 6.69. The molecular formula is C16H20BrNS. The van der Waals surface area contributed by atoms with Gasteiger partial charge in [-0.3, -0.25) is 0 Å². The van der Waals surface area contributed by atoms with Crippen LogP contribution in [0.4, 0.5) is 0 Å². The van der Waals surface area contributed by atoms with Gasteiger partial charge in [0.25, 0.3) is 0 Å². The number of hydrogen-bond acceptors (Lipinski definition) is 2. The van der Waals surface area contributed by atoms with Crippen LogP contribution in [0, 0.1) is 6.92 Å². The van der Waals surface area contributed by atoms with Crippen LogP contribution in [0.2, 0.25) is 0 Å². The molecule has 0 saturated carbocycles. The van der Waals surface area contributed by atoms with Crippen molar-refractivity contribution in [3.05, 3.63) is 55.7 Å². The second-order valence-corrected chi connectivity index (χ2v) is 6.90. The second-order valence-electron chi connectivity index (χ2n) is 4.79. The molecule has 0 amide bonds. The van der Waals surface area contributed by atoms with Gasteiger partial charge in [-0.1, -0.05) is 40.5 Å². The number of aryl methyl sites for hydroxylation is 2. The van der Waals surface area contributed by atoms with Crippen molar-refractivity contribution in [3.8, 4) is 0 Å². The molecule has 0 fully saturated rings. The van der Waals surface area contributed by atoms with Crippen molar-refractivity contribution in [3.63, 3.8) is 0 Å². The highest BCUT2D eigenvalue weighted by Crippen LogP contribution is 2.29. The molecule has 3 heteroatoms. The normalized spacial score (nSPS) is 12.6. The average molecular weight is 338 g/mol. The largest absolute Gasteiger partial charge is 0.313 e. The number of rotatable bonds is 5. The fraction of sp³-hybridized carbons (Fsp3) is 0.375. The maximum atomic E-state index is 3.67. The molecule has 2 aromatic rings. The highest BCUT2D eigenvalue weighted by atomic mass is 79.9. The van der Waals surface area contributed by atoms with Crippen molar-refractivity contribution in [1.29, 1.82) is 0 Å². The van der Waals surface area contributed by atoms with Gasteiger partial charge < -0.3 is 5.32 Å². The average Bonchev–Trinajstić information content (AvgIpc) is 2.87. The Kier molecular flexibility index (Phi) is 5.20. The quantitative estimate of drug-likeness (QED) is 0.819. The van der Waals surface area contributed by atoms with Crippen molar-refractivity contribution in [2.45, 2.75) is 32.7 Å². The van der Waals surface area contributed by atoms with Crippen molar-refractivity contribution >= 4 is 27.3 Å². The zero-order chi connectivity index (χ0) is 13.8. The zero-order valence-corrected chi connectivity index (χ0v) is 14.1. The summed E-state index contributed by atoms with van der Waals surface area (Å²) in [7, 11) is 2.04. The van der Waals surface area contributed by atoms with Crippen molar-refractivity contribution in [2.75, 3.05) is 7.05 Å². The summed E-state index contributed by atoms with van der Waals surface area (Å²) < 4.78 is 1.18. The number of hydrogen-bond donors (Lipinski definition) is 1. The van der Waals surface area contributed by atoms with E-state index in [1.165, 1.54) is 25.4 Å². The summed E-state index contributed by atoms with van der Waals surface area (Å²) in [6, 6.07) is 11.4. The molecule has 0 radical (unpaired) electrons. The highest BCUT2D eigenvalue weighted by molar-refractivity contribution is 9.10. The van der Waals surface area contributed by atoms with Crippen molar-refractivity contribution < 1.29 is 0 Å². The molecule has 1 N–H and O–H groups in total. The van der Waals surface area contributed by atoms with Gasteiger partial charge in [-0.15, -0.1) is 11.3 Å². The summed E-state index contributed by atoms with van der Waals surface area (Å²) in [6.45, 7) is 4.35. The van der Waals surface area contributed by atoms with Crippen LogP contribution >= 0.6 is 27.3 Å². The van der Waals surface area contributed by atoms with E-state index in [4.69, 9.17) is 0 Å². The van der Waals surface area contributed by atoms with Gasteiger partial charge in [-0.25, -0.2) is 0 Å².